The molecule has 1 atom stereocenters. The number of rotatable bonds is 4. The second-order valence-corrected chi connectivity index (χ2v) is 4.62. The largest absolute Gasteiger partial charge is 0.497 e. The van der Waals surface area contributed by atoms with Gasteiger partial charge in [0, 0.05) is 19.0 Å². The van der Waals surface area contributed by atoms with Crippen molar-refractivity contribution in [3.63, 3.8) is 0 Å². The fourth-order valence-electron chi connectivity index (χ4n) is 2.25. The van der Waals surface area contributed by atoms with E-state index in [1.165, 1.54) is 31.3 Å². The Balaban J connectivity index is 2.43. The Morgan fingerprint density at radius 3 is 2.57 bits per heavy atom. The maximum absolute atomic E-state index is 12.0. The molecule has 112 valence electrons. The number of benzene rings is 1. The fourth-order valence-corrected chi connectivity index (χ4v) is 2.25. The number of amides is 1. The third kappa shape index (κ3) is 2.81. The van der Waals surface area contributed by atoms with Crippen molar-refractivity contribution in [1.82, 2.24) is 0 Å². The average molecular weight is 293 g/mol. The van der Waals surface area contributed by atoms with Crippen LogP contribution in [0.1, 0.15) is 16.8 Å². The molecule has 0 saturated carbocycles. The minimum Gasteiger partial charge on any atom is -0.497 e. The molecular formula is C14H15NO6. The molecule has 1 aliphatic heterocycles. The van der Waals surface area contributed by atoms with Gasteiger partial charge in [0.2, 0.25) is 5.91 Å². The first-order chi connectivity index (χ1) is 9.97. The summed E-state index contributed by atoms with van der Waals surface area (Å²) < 4.78 is 9.77. The minimum absolute atomic E-state index is 0.0192. The van der Waals surface area contributed by atoms with Crippen molar-refractivity contribution in [3.8, 4) is 5.75 Å². The Kier molecular flexibility index (Phi) is 4.11. The van der Waals surface area contributed by atoms with Crippen molar-refractivity contribution in [2.45, 2.75) is 6.42 Å². The Bertz CT molecular complexity index is 597. The number of methoxy groups -OCH3 is 2. The van der Waals surface area contributed by atoms with Gasteiger partial charge in [-0.15, -0.1) is 0 Å². The third-order valence-electron chi connectivity index (χ3n) is 3.38. The molecule has 1 fully saturated rings. The molecular weight excluding hydrogens is 278 g/mol. The number of anilines is 1. The Morgan fingerprint density at radius 1 is 1.33 bits per heavy atom. The van der Waals surface area contributed by atoms with Crippen LogP contribution in [-0.2, 0) is 14.3 Å². The van der Waals surface area contributed by atoms with Gasteiger partial charge in [0.1, 0.15) is 5.75 Å². The fraction of sp³-hybridized carbons (Fsp3) is 0.357. The summed E-state index contributed by atoms with van der Waals surface area (Å²) in [5.74, 6) is -2.30. The predicted molar refractivity (Wildman–Crippen MR) is 72.4 cm³/mol. The summed E-state index contributed by atoms with van der Waals surface area (Å²) in [5.41, 5.74) is 0.493. The number of nitrogens with zero attached hydrogens (tertiary/aromatic N) is 1. The van der Waals surface area contributed by atoms with Crippen molar-refractivity contribution in [2.24, 2.45) is 5.92 Å². The molecule has 0 spiro atoms. The van der Waals surface area contributed by atoms with E-state index >= 15 is 0 Å². The molecule has 0 radical (unpaired) electrons. The van der Waals surface area contributed by atoms with Gasteiger partial charge < -0.3 is 19.5 Å². The van der Waals surface area contributed by atoms with Crippen LogP contribution in [0.3, 0.4) is 0 Å². The van der Waals surface area contributed by atoms with E-state index in [1.807, 2.05) is 0 Å². The number of carbonyl (C=O) groups is 3. The van der Waals surface area contributed by atoms with Crippen molar-refractivity contribution in [2.75, 3.05) is 25.7 Å². The molecule has 0 bridgehead atoms. The van der Waals surface area contributed by atoms with Gasteiger partial charge in [0.05, 0.1) is 31.4 Å². The standard InChI is InChI=1S/C14H15NO6/c1-20-9-3-4-10(14(19)21-2)11(6-9)15-7-8(13(17)18)5-12(15)16/h3-4,6,8H,5,7H2,1-2H3,(H,17,18). The molecule has 1 aromatic carbocycles. The predicted octanol–water partition coefficient (Wildman–Crippen LogP) is 0.919. The number of esters is 1. The molecule has 1 heterocycles. The van der Waals surface area contributed by atoms with Crippen LogP contribution in [-0.4, -0.2) is 43.7 Å². The van der Waals surface area contributed by atoms with Crippen LogP contribution in [0.4, 0.5) is 5.69 Å². The molecule has 0 aromatic heterocycles. The maximum atomic E-state index is 12.0. The lowest BCUT2D eigenvalue weighted by Gasteiger charge is -2.19. The first kappa shape index (κ1) is 14.8. The number of carboxylic acid groups (broad SMARTS) is 1. The van der Waals surface area contributed by atoms with Gasteiger partial charge in [-0.3, -0.25) is 9.59 Å². The summed E-state index contributed by atoms with van der Waals surface area (Å²) in [5, 5.41) is 9.03. The zero-order chi connectivity index (χ0) is 15.6. The van der Waals surface area contributed by atoms with E-state index in [0.29, 0.717) is 11.4 Å². The highest BCUT2D eigenvalue weighted by Crippen LogP contribution is 2.31. The number of carbonyl (C=O) groups excluding carboxylic acids is 2. The van der Waals surface area contributed by atoms with Gasteiger partial charge in [-0.25, -0.2) is 4.79 Å². The molecule has 7 heteroatoms. The molecule has 1 aliphatic rings. The molecule has 7 nitrogen and oxygen atoms in total. The summed E-state index contributed by atoms with van der Waals surface area (Å²) in [7, 11) is 2.70. The molecule has 1 saturated heterocycles. The average Bonchev–Trinajstić information content (AvgIpc) is 2.88. The number of hydrogen-bond donors (Lipinski definition) is 1. The van der Waals surface area contributed by atoms with Crippen LogP contribution in [0, 0.1) is 5.92 Å². The summed E-state index contributed by atoms with van der Waals surface area (Å²) in [4.78, 5) is 36.1. The van der Waals surface area contributed by atoms with Crippen molar-refractivity contribution in [1.29, 1.82) is 0 Å². The van der Waals surface area contributed by atoms with E-state index in [2.05, 4.69) is 4.74 Å². The zero-order valence-electron chi connectivity index (χ0n) is 11.7. The SMILES string of the molecule is COC(=O)c1ccc(OC)cc1N1CC(C(=O)O)CC1=O. The molecule has 1 amide bonds. The molecule has 1 aromatic rings. The monoisotopic (exact) mass is 293 g/mol. The van der Waals surface area contributed by atoms with Crippen LogP contribution >= 0.6 is 0 Å². The van der Waals surface area contributed by atoms with E-state index in [9.17, 15) is 14.4 Å². The van der Waals surface area contributed by atoms with Crippen LogP contribution in [0.5, 0.6) is 5.75 Å². The summed E-state index contributed by atoms with van der Waals surface area (Å²) >= 11 is 0. The number of carboxylic acids is 1. The Hall–Kier alpha value is -2.57. The van der Waals surface area contributed by atoms with Crippen LogP contribution in [0.15, 0.2) is 18.2 Å². The summed E-state index contributed by atoms with van der Waals surface area (Å²) in [6.45, 7) is 0.0192. The van der Waals surface area contributed by atoms with Crippen molar-refractivity contribution in [3.05, 3.63) is 23.8 Å². The summed E-state index contributed by atoms with van der Waals surface area (Å²) in [6, 6.07) is 4.58. The highest BCUT2D eigenvalue weighted by molar-refractivity contribution is 6.05. The Labute approximate surface area is 121 Å². The number of hydrogen-bond acceptors (Lipinski definition) is 5. The minimum atomic E-state index is -1.03. The van der Waals surface area contributed by atoms with Gasteiger partial charge in [-0.05, 0) is 12.1 Å². The van der Waals surface area contributed by atoms with Gasteiger partial charge in [-0.1, -0.05) is 0 Å². The number of aliphatic carboxylic acids is 1. The Morgan fingerprint density at radius 2 is 2.05 bits per heavy atom. The van der Waals surface area contributed by atoms with Gasteiger partial charge >= 0.3 is 11.9 Å². The first-order valence-electron chi connectivity index (χ1n) is 6.27. The topological polar surface area (TPSA) is 93.1 Å². The molecule has 0 aliphatic carbocycles. The van der Waals surface area contributed by atoms with E-state index in [4.69, 9.17) is 9.84 Å². The van der Waals surface area contributed by atoms with Crippen LogP contribution < -0.4 is 9.64 Å². The van der Waals surface area contributed by atoms with Crippen LogP contribution in [0.2, 0.25) is 0 Å². The summed E-state index contributed by atoms with van der Waals surface area (Å²) in [6.07, 6.45) is -0.0901. The first-order valence-corrected chi connectivity index (χ1v) is 6.27. The lowest BCUT2D eigenvalue weighted by Crippen LogP contribution is -2.27. The second-order valence-electron chi connectivity index (χ2n) is 4.62. The quantitative estimate of drug-likeness (QED) is 0.830. The van der Waals surface area contributed by atoms with Crippen molar-refractivity contribution >= 4 is 23.5 Å². The van der Waals surface area contributed by atoms with Crippen LogP contribution in [0.25, 0.3) is 0 Å². The lowest BCUT2D eigenvalue weighted by molar-refractivity contribution is -0.141. The normalized spacial score (nSPS) is 17.7. The highest BCUT2D eigenvalue weighted by atomic mass is 16.5. The van der Waals surface area contributed by atoms with Gasteiger partial charge in [0.15, 0.2) is 0 Å². The van der Waals surface area contributed by atoms with Crippen molar-refractivity contribution < 1.29 is 29.0 Å². The highest BCUT2D eigenvalue weighted by Gasteiger charge is 2.36. The van der Waals surface area contributed by atoms with E-state index in [-0.39, 0.29) is 24.4 Å². The molecule has 2 rings (SSSR count). The zero-order valence-corrected chi connectivity index (χ0v) is 11.7. The lowest BCUT2D eigenvalue weighted by atomic mass is 10.1. The molecule has 1 N–H and O–H groups in total. The molecule has 1 unspecified atom stereocenters. The third-order valence-corrected chi connectivity index (χ3v) is 3.38. The van der Waals surface area contributed by atoms with E-state index in [0.717, 1.165) is 0 Å². The molecule has 21 heavy (non-hydrogen) atoms. The number of ether oxygens (including phenoxy) is 2. The maximum Gasteiger partial charge on any atom is 0.339 e. The van der Waals surface area contributed by atoms with Gasteiger partial charge in [0.25, 0.3) is 0 Å². The second kappa shape index (κ2) is 5.82. The van der Waals surface area contributed by atoms with Gasteiger partial charge in [-0.2, -0.15) is 0 Å². The van der Waals surface area contributed by atoms with E-state index < -0.39 is 17.9 Å². The smallest absolute Gasteiger partial charge is 0.339 e. The van der Waals surface area contributed by atoms with E-state index in [1.54, 1.807) is 6.07 Å².